The van der Waals surface area contributed by atoms with Gasteiger partial charge in [0.15, 0.2) is 0 Å². The predicted octanol–water partition coefficient (Wildman–Crippen LogP) is 1.65. The number of fused-ring (bicyclic) bond motifs is 1. The summed E-state index contributed by atoms with van der Waals surface area (Å²) in [6, 6.07) is 2.22. The van der Waals surface area contributed by atoms with E-state index < -0.39 is 0 Å². The number of nitrogens with one attached hydrogen (secondary N) is 1. The highest BCUT2D eigenvalue weighted by Crippen LogP contribution is 2.19. The molecule has 4 heteroatoms. The number of imidazole rings is 1. The summed E-state index contributed by atoms with van der Waals surface area (Å²) < 4.78 is 2.16. The minimum Gasteiger partial charge on any atom is -0.332 e. The molecule has 2 rings (SSSR count). The molecular formula is C13H20N4. The first-order valence-electron chi connectivity index (χ1n) is 6.51. The van der Waals surface area contributed by atoms with Crippen LogP contribution in [0.2, 0.25) is 0 Å². The second-order valence-corrected chi connectivity index (χ2v) is 4.63. The van der Waals surface area contributed by atoms with Crippen LogP contribution < -0.4 is 5.32 Å². The highest BCUT2D eigenvalue weighted by molar-refractivity contribution is 5.16. The molecule has 1 aromatic rings. The van der Waals surface area contributed by atoms with Gasteiger partial charge >= 0.3 is 0 Å². The smallest absolute Gasteiger partial charge is 0.113 e. The van der Waals surface area contributed by atoms with Gasteiger partial charge in [0, 0.05) is 5.69 Å². The first-order valence-corrected chi connectivity index (χ1v) is 6.51. The topological polar surface area (TPSA) is 53.6 Å². The van der Waals surface area contributed by atoms with Crippen LogP contribution in [0.15, 0.2) is 6.33 Å². The normalized spacial score (nSPS) is 16.2. The quantitative estimate of drug-likeness (QED) is 0.840. The van der Waals surface area contributed by atoms with Gasteiger partial charge in [-0.25, -0.2) is 4.98 Å². The Morgan fingerprint density at radius 1 is 1.53 bits per heavy atom. The first-order chi connectivity index (χ1) is 8.35. The molecule has 0 fully saturated rings. The van der Waals surface area contributed by atoms with Crippen molar-refractivity contribution in [3.63, 3.8) is 0 Å². The van der Waals surface area contributed by atoms with Gasteiger partial charge in [0.05, 0.1) is 24.6 Å². The predicted molar refractivity (Wildman–Crippen MR) is 66.6 cm³/mol. The molecule has 92 valence electrons. The van der Waals surface area contributed by atoms with Crippen molar-refractivity contribution in [2.75, 3.05) is 6.54 Å². The van der Waals surface area contributed by atoms with Gasteiger partial charge in [-0.05, 0) is 38.6 Å². The number of aromatic nitrogens is 2. The lowest BCUT2D eigenvalue weighted by atomic mass is 10.0. The molecule has 1 aliphatic rings. The maximum absolute atomic E-state index is 9.11. The maximum atomic E-state index is 9.11. The van der Waals surface area contributed by atoms with Crippen LogP contribution in [0.4, 0.5) is 0 Å². The minimum absolute atomic E-state index is 0.102. The third-order valence-electron chi connectivity index (χ3n) is 3.29. The monoisotopic (exact) mass is 232 g/mol. The summed E-state index contributed by atoms with van der Waals surface area (Å²) in [4.78, 5) is 4.45. The second kappa shape index (κ2) is 5.83. The highest BCUT2D eigenvalue weighted by Gasteiger charge is 2.17. The van der Waals surface area contributed by atoms with Crippen LogP contribution in [-0.4, -0.2) is 22.1 Å². The Balaban J connectivity index is 2.02. The van der Waals surface area contributed by atoms with Gasteiger partial charge in [-0.15, -0.1) is 0 Å². The summed E-state index contributed by atoms with van der Waals surface area (Å²) in [6.07, 6.45) is 7.66. The molecule has 1 atom stereocenters. The molecule has 0 radical (unpaired) electrons. The fourth-order valence-corrected chi connectivity index (χ4v) is 2.35. The number of hydrogen-bond donors (Lipinski definition) is 1. The molecule has 4 nitrogen and oxygen atoms in total. The molecule has 0 bridgehead atoms. The van der Waals surface area contributed by atoms with Crippen LogP contribution in [0.1, 0.15) is 37.6 Å². The van der Waals surface area contributed by atoms with Crippen LogP contribution in [0.5, 0.6) is 0 Å². The molecule has 0 saturated carbocycles. The molecular weight excluding hydrogens is 212 g/mol. The molecule has 17 heavy (non-hydrogen) atoms. The Morgan fingerprint density at radius 2 is 2.35 bits per heavy atom. The van der Waals surface area contributed by atoms with E-state index >= 15 is 0 Å². The van der Waals surface area contributed by atoms with Crippen molar-refractivity contribution in [2.45, 2.75) is 51.6 Å². The molecule has 1 aromatic heterocycles. The Bertz CT molecular complexity index is 402. The zero-order chi connectivity index (χ0) is 12.1. The van der Waals surface area contributed by atoms with Crippen LogP contribution in [0, 0.1) is 11.3 Å². The Kier molecular flexibility index (Phi) is 4.16. The molecule has 1 unspecified atom stereocenters. The lowest BCUT2D eigenvalue weighted by molar-refractivity contribution is 0.503. The van der Waals surface area contributed by atoms with Gasteiger partial charge in [-0.3, -0.25) is 0 Å². The molecule has 0 aliphatic heterocycles. The third kappa shape index (κ3) is 2.86. The van der Waals surface area contributed by atoms with E-state index in [1.807, 2.05) is 6.33 Å². The van der Waals surface area contributed by atoms with Gasteiger partial charge in [0.25, 0.3) is 0 Å². The van der Waals surface area contributed by atoms with E-state index in [9.17, 15) is 0 Å². The van der Waals surface area contributed by atoms with Crippen LogP contribution >= 0.6 is 0 Å². The number of rotatable bonds is 5. The van der Waals surface area contributed by atoms with Crippen molar-refractivity contribution in [3.05, 3.63) is 17.7 Å². The molecule has 0 aromatic carbocycles. The van der Waals surface area contributed by atoms with Crippen LogP contribution in [-0.2, 0) is 19.4 Å². The zero-order valence-electron chi connectivity index (χ0n) is 10.4. The van der Waals surface area contributed by atoms with Gasteiger partial charge in [0.2, 0.25) is 0 Å². The molecule has 0 saturated heterocycles. The summed E-state index contributed by atoms with van der Waals surface area (Å²) >= 11 is 0. The van der Waals surface area contributed by atoms with E-state index in [4.69, 9.17) is 5.26 Å². The van der Waals surface area contributed by atoms with Crippen LogP contribution in [0.25, 0.3) is 0 Å². The number of aryl methyl sites for hydroxylation is 1. The average molecular weight is 232 g/mol. The van der Waals surface area contributed by atoms with Gasteiger partial charge in [-0.1, -0.05) is 6.92 Å². The van der Waals surface area contributed by atoms with Gasteiger partial charge in [-0.2, -0.15) is 5.26 Å². The van der Waals surface area contributed by atoms with Gasteiger partial charge < -0.3 is 9.88 Å². The highest BCUT2D eigenvalue weighted by atomic mass is 15.1. The van der Waals surface area contributed by atoms with Crippen molar-refractivity contribution in [2.24, 2.45) is 0 Å². The summed E-state index contributed by atoms with van der Waals surface area (Å²) in [5, 5.41) is 12.4. The SMILES string of the molecule is CCCNC(C#N)Cn1cnc2c1CCCC2. The van der Waals surface area contributed by atoms with Gasteiger partial charge in [0.1, 0.15) is 6.04 Å². The minimum atomic E-state index is -0.102. The number of nitriles is 1. The molecule has 1 N–H and O–H groups in total. The number of hydrogen-bond acceptors (Lipinski definition) is 3. The Hall–Kier alpha value is -1.34. The summed E-state index contributed by atoms with van der Waals surface area (Å²) in [5.41, 5.74) is 2.58. The van der Waals surface area contributed by atoms with Crippen molar-refractivity contribution in [3.8, 4) is 6.07 Å². The summed E-state index contributed by atoms with van der Waals surface area (Å²) in [5.74, 6) is 0. The van der Waals surface area contributed by atoms with E-state index in [0.29, 0.717) is 0 Å². The number of nitrogens with zero attached hydrogens (tertiary/aromatic N) is 3. The van der Waals surface area contributed by atoms with Crippen molar-refractivity contribution in [1.29, 1.82) is 5.26 Å². The van der Waals surface area contributed by atoms with E-state index in [1.165, 1.54) is 24.2 Å². The molecule has 1 aliphatic carbocycles. The fraction of sp³-hybridized carbons (Fsp3) is 0.692. The lowest BCUT2D eigenvalue weighted by Crippen LogP contribution is -2.32. The largest absolute Gasteiger partial charge is 0.332 e. The lowest BCUT2D eigenvalue weighted by Gasteiger charge is -2.16. The summed E-state index contributed by atoms with van der Waals surface area (Å²) in [7, 11) is 0. The van der Waals surface area contributed by atoms with Crippen molar-refractivity contribution >= 4 is 0 Å². The van der Waals surface area contributed by atoms with Crippen molar-refractivity contribution < 1.29 is 0 Å². The Morgan fingerprint density at radius 3 is 3.12 bits per heavy atom. The Labute approximate surface area is 103 Å². The fourth-order valence-electron chi connectivity index (χ4n) is 2.35. The zero-order valence-corrected chi connectivity index (χ0v) is 10.4. The van der Waals surface area contributed by atoms with E-state index in [0.717, 1.165) is 32.4 Å². The molecule has 1 heterocycles. The standard InChI is InChI=1S/C13H20N4/c1-2-7-15-11(8-14)9-17-10-16-12-5-3-4-6-13(12)17/h10-11,15H,2-7,9H2,1H3. The molecule has 0 amide bonds. The van der Waals surface area contributed by atoms with E-state index in [1.54, 1.807) is 0 Å². The van der Waals surface area contributed by atoms with Crippen LogP contribution in [0.3, 0.4) is 0 Å². The van der Waals surface area contributed by atoms with E-state index in [2.05, 4.69) is 27.9 Å². The second-order valence-electron chi connectivity index (χ2n) is 4.63. The van der Waals surface area contributed by atoms with E-state index in [-0.39, 0.29) is 6.04 Å². The average Bonchev–Trinajstić information content (AvgIpc) is 2.78. The third-order valence-corrected chi connectivity index (χ3v) is 3.29. The summed E-state index contributed by atoms with van der Waals surface area (Å²) in [6.45, 7) is 3.73. The van der Waals surface area contributed by atoms with Crippen molar-refractivity contribution in [1.82, 2.24) is 14.9 Å². The maximum Gasteiger partial charge on any atom is 0.113 e. The molecule has 0 spiro atoms. The first kappa shape index (κ1) is 12.1.